The Kier molecular flexibility index (Phi) is 11.2. The Bertz CT molecular complexity index is 547. The van der Waals surface area contributed by atoms with E-state index in [0.29, 0.717) is 6.61 Å². The zero-order valence-electron chi connectivity index (χ0n) is 15.8. The zero-order chi connectivity index (χ0) is 19.4. The van der Waals surface area contributed by atoms with Gasteiger partial charge in [0.1, 0.15) is 12.6 Å². The summed E-state index contributed by atoms with van der Waals surface area (Å²) in [5.74, 6) is -1.18. The Hall–Kier alpha value is -2.12. The van der Waals surface area contributed by atoms with Gasteiger partial charge in [0.25, 0.3) is 0 Å². The normalized spacial score (nSPS) is 11.3. The largest absolute Gasteiger partial charge is 0.480 e. The van der Waals surface area contributed by atoms with E-state index in [1.54, 1.807) is 0 Å². The smallest absolute Gasteiger partial charge is 0.328 e. The van der Waals surface area contributed by atoms with Gasteiger partial charge < -0.3 is 25.8 Å². The number of nitrogens with two attached hydrogens (primary N) is 1. The first-order chi connectivity index (χ1) is 11.7. The molecule has 25 heavy (non-hydrogen) atoms. The number of para-hydroxylation sites is 1. The molecule has 7 heteroatoms. The number of carbonyl (C=O) groups excluding carboxylic acids is 1. The molecule has 0 radical (unpaired) electrons. The van der Waals surface area contributed by atoms with Crippen molar-refractivity contribution in [2.24, 2.45) is 5.73 Å². The second-order valence-corrected chi connectivity index (χ2v) is 5.90. The van der Waals surface area contributed by atoms with Crippen LogP contribution < -0.4 is 11.1 Å². The molecule has 0 saturated carbocycles. The number of rotatable bonds is 8. The van der Waals surface area contributed by atoms with E-state index in [-0.39, 0.29) is 18.6 Å². The molecule has 0 saturated heterocycles. The fraction of sp³-hybridized carbons (Fsp3) is 0.556. The molecule has 142 valence electrons. The number of nitrogens with zero attached hydrogens (tertiary/aromatic N) is 1. The molecule has 1 aromatic rings. The highest BCUT2D eigenvalue weighted by molar-refractivity contribution is 5.79. The van der Waals surface area contributed by atoms with Gasteiger partial charge in [0, 0.05) is 12.2 Å². The van der Waals surface area contributed by atoms with Crippen molar-refractivity contribution in [3.05, 3.63) is 29.3 Å². The van der Waals surface area contributed by atoms with Crippen LogP contribution in [0.5, 0.6) is 0 Å². The predicted octanol–water partition coefficient (Wildman–Crippen LogP) is 1.49. The Morgan fingerprint density at radius 3 is 2.44 bits per heavy atom. The molecule has 0 bridgehead atoms. The second-order valence-electron chi connectivity index (χ2n) is 5.90. The summed E-state index contributed by atoms with van der Waals surface area (Å²) in [6.45, 7) is 6.88. The van der Waals surface area contributed by atoms with E-state index in [9.17, 15) is 9.59 Å². The minimum Gasteiger partial charge on any atom is -0.480 e. The van der Waals surface area contributed by atoms with E-state index < -0.39 is 5.97 Å². The van der Waals surface area contributed by atoms with Crippen molar-refractivity contribution in [1.29, 1.82) is 0 Å². The summed E-state index contributed by atoms with van der Waals surface area (Å²) in [5, 5.41) is 10.9. The molecule has 1 aromatic carbocycles. The van der Waals surface area contributed by atoms with Crippen LogP contribution in [-0.2, 0) is 20.7 Å². The van der Waals surface area contributed by atoms with Crippen LogP contribution in [0, 0.1) is 6.92 Å². The monoisotopic (exact) mass is 353 g/mol. The third-order valence-corrected chi connectivity index (χ3v) is 3.41. The van der Waals surface area contributed by atoms with Gasteiger partial charge >= 0.3 is 11.9 Å². The van der Waals surface area contributed by atoms with Gasteiger partial charge in [-0.05, 0) is 45.5 Å². The molecule has 7 nitrogen and oxygen atoms in total. The van der Waals surface area contributed by atoms with Gasteiger partial charge in [0.15, 0.2) is 0 Å². The number of anilines is 1. The Balaban J connectivity index is 0.00000101. The number of ether oxygens (including phenoxy) is 1. The van der Waals surface area contributed by atoms with Crippen LogP contribution in [0.15, 0.2) is 18.2 Å². The molecule has 0 aliphatic carbocycles. The summed E-state index contributed by atoms with van der Waals surface area (Å²) < 4.78 is 5.26. The molecule has 4 N–H and O–H groups in total. The molecule has 0 aliphatic heterocycles. The maximum atomic E-state index is 11.9. The van der Waals surface area contributed by atoms with Gasteiger partial charge in [-0.25, -0.2) is 4.79 Å². The number of carbonyl (C=O) groups is 2. The third-order valence-electron chi connectivity index (χ3n) is 3.41. The SMILES string of the molecule is CCc1cccc(C)c1N[C@@H](C)C(=O)OCCN(C)C.NCC(=O)O. The van der Waals surface area contributed by atoms with E-state index in [1.165, 1.54) is 5.56 Å². The average Bonchev–Trinajstić information content (AvgIpc) is 2.56. The quantitative estimate of drug-likeness (QED) is 0.608. The highest BCUT2D eigenvalue weighted by Gasteiger charge is 2.16. The number of hydrogen-bond donors (Lipinski definition) is 3. The van der Waals surface area contributed by atoms with Gasteiger partial charge in [-0.2, -0.15) is 0 Å². The summed E-state index contributed by atoms with van der Waals surface area (Å²) in [6.07, 6.45) is 0.937. The van der Waals surface area contributed by atoms with Crippen LogP contribution >= 0.6 is 0 Å². The van der Waals surface area contributed by atoms with Gasteiger partial charge in [-0.1, -0.05) is 25.1 Å². The molecule has 1 rings (SSSR count). The van der Waals surface area contributed by atoms with E-state index in [0.717, 1.165) is 24.2 Å². The summed E-state index contributed by atoms with van der Waals surface area (Å²) in [4.78, 5) is 23.2. The summed E-state index contributed by atoms with van der Waals surface area (Å²) in [5.41, 5.74) is 7.99. The first-order valence-electron chi connectivity index (χ1n) is 8.31. The number of hydrogen-bond acceptors (Lipinski definition) is 6. The first kappa shape index (κ1) is 22.9. The molecule has 0 heterocycles. The van der Waals surface area contributed by atoms with Gasteiger partial charge in [0.2, 0.25) is 0 Å². The van der Waals surface area contributed by atoms with Crippen LogP contribution in [0.25, 0.3) is 0 Å². The maximum Gasteiger partial charge on any atom is 0.328 e. The number of carboxylic acid groups (broad SMARTS) is 1. The van der Waals surface area contributed by atoms with Crippen molar-refractivity contribution in [3.8, 4) is 0 Å². The van der Waals surface area contributed by atoms with E-state index >= 15 is 0 Å². The van der Waals surface area contributed by atoms with Crippen LogP contribution in [0.4, 0.5) is 5.69 Å². The third kappa shape index (κ3) is 9.69. The lowest BCUT2D eigenvalue weighted by atomic mass is 10.1. The first-order valence-corrected chi connectivity index (χ1v) is 8.31. The number of carboxylic acids is 1. The van der Waals surface area contributed by atoms with Crippen LogP contribution in [0.3, 0.4) is 0 Å². The standard InChI is InChI=1S/C16H26N2O2.C2H5NO2/c1-6-14-9-7-8-12(2)15(14)17-13(3)16(19)20-11-10-18(4)5;3-1-2(4)5/h7-9,13,17H,6,10-11H2,1-5H3;1,3H2,(H,4,5)/t13-;/m0./s1. The second kappa shape index (κ2) is 12.3. The molecule has 0 aromatic heterocycles. The molecular weight excluding hydrogens is 322 g/mol. The van der Waals surface area contributed by atoms with E-state index in [2.05, 4.69) is 24.0 Å². The molecule has 0 fully saturated rings. The number of likely N-dealkylation sites (N-methyl/N-ethyl adjacent to an activating group) is 1. The lowest BCUT2D eigenvalue weighted by molar-refractivity contribution is -0.144. The number of aliphatic carboxylic acids is 1. The highest BCUT2D eigenvalue weighted by Crippen LogP contribution is 2.22. The highest BCUT2D eigenvalue weighted by atomic mass is 16.5. The van der Waals surface area contributed by atoms with Crippen molar-refractivity contribution < 1.29 is 19.4 Å². The number of esters is 1. The van der Waals surface area contributed by atoms with Gasteiger partial charge in [0.05, 0.1) is 6.54 Å². The summed E-state index contributed by atoms with van der Waals surface area (Å²) >= 11 is 0. The number of aryl methyl sites for hydroxylation is 2. The minimum atomic E-state index is -0.968. The zero-order valence-corrected chi connectivity index (χ0v) is 15.8. The average molecular weight is 353 g/mol. The minimum absolute atomic E-state index is 0.211. The molecule has 0 unspecified atom stereocenters. The Morgan fingerprint density at radius 2 is 1.96 bits per heavy atom. The van der Waals surface area contributed by atoms with Crippen LogP contribution in [-0.4, -0.2) is 61.8 Å². The lowest BCUT2D eigenvalue weighted by Gasteiger charge is -2.19. The fourth-order valence-electron chi connectivity index (χ4n) is 1.96. The van der Waals surface area contributed by atoms with E-state index in [4.69, 9.17) is 9.84 Å². The predicted molar refractivity (Wildman–Crippen MR) is 99.8 cm³/mol. The molecule has 0 spiro atoms. The van der Waals surface area contributed by atoms with Crippen LogP contribution in [0.1, 0.15) is 25.0 Å². The topological polar surface area (TPSA) is 105 Å². The van der Waals surface area contributed by atoms with Gasteiger partial charge in [-0.15, -0.1) is 0 Å². The fourth-order valence-corrected chi connectivity index (χ4v) is 1.96. The van der Waals surface area contributed by atoms with Crippen LogP contribution in [0.2, 0.25) is 0 Å². The van der Waals surface area contributed by atoms with Crippen molar-refractivity contribution in [2.75, 3.05) is 39.1 Å². The summed E-state index contributed by atoms with van der Waals surface area (Å²) in [6, 6.07) is 5.83. The molecule has 0 aliphatic rings. The van der Waals surface area contributed by atoms with Crippen molar-refractivity contribution >= 4 is 17.6 Å². The Morgan fingerprint density at radius 1 is 1.36 bits per heavy atom. The molecule has 0 amide bonds. The van der Waals surface area contributed by atoms with Gasteiger partial charge in [-0.3, -0.25) is 4.79 Å². The summed E-state index contributed by atoms with van der Waals surface area (Å²) in [7, 11) is 3.91. The maximum absolute atomic E-state index is 11.9. The number of benzene rings is 1. The lowest BCUT2D eigenvalue weighted by Crippen LogP contribution is -2.31. The van der Waals surface area contributed by atoms with Crippen molar-refractivity contribution in [1.82, 2.24) is 4.90 Å². The molecular formula is C18H31N3O4. The Labute approximate surface area is 150 Å². The number of nitrogens with one attached hydrogen (secondary N) is 1. The van der Waals surface area contributed by atoms with Crippen molar-refractivity contribution in [2.45, 2.75) is 33.2 Å². The van der Waals surface area contributed by atoms with E-state index in [1.807, 2.05) is 45.0 Å². The molecule has 1 atom stereocenters. The van der Waals surface area contributed by atoms with Crippen molar-refractivity contribution in [3.63, 3.8) is 0 Å².